The van der Waals surface area contributed by atoms with Crippen LogP contribution in [0.1, 0.15) is 21.8 Å². The van der Waals surface area contributed by atoms with Crippen LogP contribution in [0.3, 0.4) is 0 Å². The number of aromatic nitrogens is 4. The van der Waals surface area contributed by atoms with Crippen LogP contribution in [-0.2, 0) is 24.4 Å². The molecule has 3 aromatic heterocycles. The van der Waals surface area contributed by atoms with Crippen molar-refractivity contribution in [1.82, 2.24) is 29.7 Å². The quantitative estimate of drug-likeness (QED) is 0.314. The third kappa shape index (κ3) is 5.93. The Morgan fingerprint density at radius 3 is 2.95 bits per heavy atom. The molecule has 5 rings (SSSR count). The predicted molar refractivity (Wildman–Crippen MR) is 150 cm³/mol. The van der Waals surface area contributed by atoms with Crippen molar-refractivity contribution in [1.29, 1.82) is 0 Å². The molecule has 1 aliphatic rings. The zero-order chi connectivity index (χ0) is 26.6. The lowest BCUT2D eigenvalue weighted by Crippen LogP contribution is -2.34. The lowest BCUT2D eigenvalue weighted by molar-refractivity contribution is -0.126. The molecule has 0 radical (unpaired) electrons. The molecule has 0 unspecified atom stereocenters. The number of nitrogens with one attached hydrogen (secondary N) is 1. The summed E-state index contributed by atoms with van der Waals surface area (Å²) in [7, 11) is 3.95. The Bertz CT molecular complexity index is 1500. The summed E-state index contributed by atoms with van der Waals surface area (Å²) in [5.74, 6) is 1.31. The van der Waals surface area contributed by atoms with Gasteiger partial charge in [-0.05, 0) is 51.2 Å². The number of anilines is 2. The number of hydrogen-bond acceptors (Lipinski definition) is 9. The molecule has 38 heavy (non-hydrogen) atoms. The van der Waals surface area contributed by atoms with Gasteiger partial charge >= 0.3 is 0 Å². The molecule has 9 nitrogen and oxygen atoms in total. The highest BCUT2D eigenvalue weighted by atomic mass is 35.5. The number of fused-ring (bicyclic) bond motifs is 3. The molecule has 4 heterocycles. The molecule has 0 aliphatic carbocycles. The molecule has 0 fully saturated rings. The number of carbonyl (C=O) groups excluding carboxylic acids is 1. The van der Waals surface area contributed by atoms with E-state index in [1.54, 1.807) is 36.1 Å². The summed E-state index contributed by atoms with van der Waals surface area (Å²) in [4.78, 5) is 36.2. The molecule has 1 N–H and O–H groups in total. The van der Waals surface area contributed by atoms with Crippen molar-refractivity contribution in [2.75, 3.05) is 32.5 Å². The number of ether oxygens (including phenoxy) is 1. The number of amides is 1. The minimum absolute atomic E-state index is 0.0331. The van der Waals surface area contributed by atoms with E-state index in [9.17, 15) is 4.79 Å². The first kappa shape index (κ1) is 26.0. The number of halogens is 1. The highest BCUT2D eigenvalue weighted by Gasteiger charge is 2.25. The minimum Gasteiger partial charge on any atom is -0.486 e. The smallest absolute Gasteiger partial charge is 0.246 e. The molecule has 11 heteroatoms. The average Bonchev–Trinajstić information content (AvgIpc) is 3.27. The number of rotatable bonds is 8. The maximum absolute atomic E-state index is 12.7. The topological polar surface area (TPSA) is 96.4 Å². The molecule has 0 bridgehead atoms. The third-order valence-electron chi connectivity index (χ3n) is 6.05. The third-order valence-corrected chi connectivity index (χ3v) is 7.47. The SMILES string of the molecule is Cc1cncc(COc2ccc(Nc3ncnc4sc5c(c34)CCN(C(=O)C=CCN(C)C)C5)cc2Cl)n1. The Hall–Kier alpha value is -3.60. The van der Waals surface area contributed by atoms with Crippen LogP contribution in [0.5, 0.6) is 5.75 Å². The van der Waals surface area contributed by atoms with E-state index in [-0.39, 0.29) is 12.5 Å². The second-order valence-corrected chi connectivity index (χ2v) is 10.8. The van der Waals surface area contributed by atoms with Crippen LogP contribution >= 0.6 is 22.9 Å². The van der Waals surface area contributed by atoms with Crippen LogP contribution in [0.2, 0.25) is 5.02 Å². The van der Waals surface area contributed by atoms with E-state index < -0.39 is 0 Å². The molecule has 0 atom stereocenters. The Morgan fingerprint density at radius 1 is 1.29 bits per heavy atom. The van der Waals surface area contributed by atoms with E-state index in [4.69, 9.17) is 16.3 Å². The van der Waals surface area contributed by atoms with Gasteiger partial charge in [0.05, 0.1) is 34.5 Å². The van der Waals surface area contributed by atoms with Gasteiger partial charge in [-0.15, -0.1) is 11.3 Å². The standard InChI is InChI=1S/C27H28ClN7O2S/c1-17-12-29-13-19(32-17)15-37-22-7-6-18(11-21(22)28)33-26-25-20-8-10-35(24(36)5-4-9-34(2)3)14-23(20)38-27(25)31-16-30-26/h4-7,11-13,16H,8-10,14-15H2,1-3H3,(H,30,31,33). The van der Waals surface area contributed by atoms with Gasteiger partial charge in [-0.25, -0.2) is 9.97 Å². The normalized spacial score (nSPS) is 13.3. The van der Waals surface area contributed by atoms with Crippen LogP contribution < -0.4 is 10.1 Å². The van der Waals surface area contributed by atoms with Crippen molar-refractivity contribution in [3.05, 3.63) is 75.9 Å². The Balaban J connectivity index is 1.31. The molecular weight excluding hydrogens is 522 g/mol. The first-order valence-corrected chi connectivity index (χ1v) is 13.4. The second-order valence-electron chi connectivity index (χ2n) is 9.29. The van der Waals surface area contributed by atoms with Crippen molar-refractivity contribution < 1.29 is 9.53 Å². The Labute approximate surface area is 230 Å². The van der Waals surface area contributed by atoms with Crippen LogP contribution in [0.15, 0.2) is 49.1 Å². The number of aryl methyl sites for hydroxylation is 1. The van der Waals surface area contributed by atoms with Gasteiger partial charge in [0.2, 0.25) is 5.91 Å². The number of likely N-dealkylation sites (N-methyl/N-ethyl adjacent to an activating group) is 1. The molecule has 0 saturated heterocycles. The van der Waals surface area contributed by atoms with Gasteiger partial charge in [-0.3, -0.25) is 14.8 Å². The van der Waals surface area contributed by atoms with Gasteiger partial charge in [0.15, 0.2) is 0 Å². The Kier molecular flexibility index (Phi) is 7.82. The molecule has 1 aromatic carbocycles. The molecule has 0 spiro atoms. The molecule has 1 aliphatic heterocycles. The van der Waals surface area contributed by atoms with Crippen molar-refractivity contribution in [2.45, 2.75) is 26.5 Å². The number of nitrogens with zero attached hydrogens (tertiary/aromatic N) is 6. The lowest BCUT2D eigenvalue weighted by atomic mass is 10.0. The van der Waals surface area contributed by atoms with Gasteiger partial charge in [-0.1, -0.05) is 17.7 Å². The summed E-state index contributed by atoms with van der Waals surface area (Å²) in [6, 6.07) is 5.53. The molecular formula is C27H28ClN7O2S. The zero-order valence-corrected chi connectivity index (χ0v) is 23.0. The summed E-state index contributed by atoms with van der Waals surface area (Å²) in [6.45, 7) is 4.13. The summed E-state index contributed by atoms with van der Waals surface area (Å²) >= 11 is 8.14. The monoisotopic (exact) mass is 549 g/mol. The van der Waals surface area contributed by atoms with Crippen molar-refractivity contribution in [3.8, 4) is 5.75 Å². The summed E-state index contributed by atoms with van der Waals surface area (Å²) in [5, 5.41) is 4.88. The van der Waals surface area contributed by atoms with E-state index in [1.807, 2.05) is 55.1 Å². The number of benzene rings is 1. The van der Waals surface area contributed by atoms with Crippen LogP contribution in [0.25, 0.3) is 10.2 Å². The van der Waals surface area contributed by atoms with Gasteiger partial charge in [-0.2, -0.15) is 0 Å². The summed E-state index contributed by atoms with van der Waals surface area (Å²) in [6.07, 6.45) is 9.24. The van der Waals surface area contributed by atoms with E-state index in [0.29, 0.717) is 23.9 Å². The molecule has 196 valence electrons. The number of thiophene rings is 1. The average molecular weight is 550 g/mol. The molecule has 1 amide bonds. The fourth-order valence-corrected chi connectivity index (χ4v) is 5.69. The van der Waals surface area contributed by atoms with Crippen LogP contribution in [0, 0.1) is 6.92 Å². The maximum atomic E-state index is 12.7. The van der Waals surface area contributed by atoms with E-state index in [1.165, 1.54) is 5.56 Å². The largest absolute Gasteiger partial charge is 0.486 e. The predicted octanol–water partition coefficient (Wildman–Crippen LogP) is 4.77. The second kappa shape index (κ2) is 11.4. The Morgan fingerprint density at radius 2 is 2.16 bits per heavy atom. The number of hydrogen-bond donors (Lipinski definition) is 1. The molecule has 4 aromatic rings. The summed E-state index contributed by atoms with van der Waals surface area (Å²) < 4.78 is 5.86. The highest BCUT2D eigenvalue weighted by molar-refractivity contribution is 7.19. The van der Waals surface area contributed by atoms with Crippen molar-refractivity contribution >= 4 is 50.6 Å². The number of carbonyl (C=O) groups is 1. The van der Waals surface area contributed by atoms with Crippen molar-refractivity contribution in [2.24, 2.45) is 0 Å². The van der Waals surface area contributed by atoms with Gasteiger partial charge in [0.1, 0.15) is 29.3 Å². The van der Waals surface area contributed by atoms with Gasteiger partial charge in [0.25, 0.3) is 0 Å². The van der Waals surface area contributed by atoms with Crippen molar-refractivity contribution in [3.63, 3.8) is 0 Å². The van der Waals surface area contributed by atoms with Crippen LogP contribution in [-0.4, -0.2) is 62.8 Å². The van der Waals surface area contributed by atoms with Crippen LogP contribution in [0.4, 0.5) is 11.5 Å². The fourth-order valence-electron chi connectivity index (χ4n) is 4.25. The molecule has 0 saturated carbocycles. The minimum atomic E-state index is 0.0331. The van der Waals surface area contributed by atoms with Gasteiger partial charge in [0, 0.05) is 35.9 Å². The zero-order valence-electron chi connectivity index (χ0n) is 21.4. The van der Waals surface area contributed by atoms with E-state index in [2.05, 4.69) is 25.3 Å². The van der Waals surface area contributed by atoms with E-state index >= 15 is 0 Å². The first-order chi connectivity index (χ1) is 18.4. The summed E-state index contributed by atoms with van der Waals surface area (Å²) in [5.41, 5.74) is 3.55. The first-order valence-electron chi connectivity index (χ1n) is 12.2. The van der Waals surface area contributed by atoms with Gasteiger partial charge < -0.3 is 19.9 Å². The van der Waals surface area contributed by atoms with E-state index in [0.717, 1.165) is 51.0 Å². The highest BCUT2D eigenvalue weighted by Crippen LogP contribution is 2.38. The maximum Gasteiger partial charge on any atom is 0.246 e. The lowest BCUT2D eigenvalue weighted by Gasteiger charge is -2.26. The fraction of sp³-hybridized carbons (Fsp3) is 0.296.